The molecule has 194 valence electrons. The van der Waals surface area contributed by atoms with Crippen molar-refractivity contribution >= 4 is 27.7 Å². The molecule has 0 aromatic heterocycles. The molecule has 2 aromatic rings. The van der Waals surface area contributed by atoms with Gasteiger partial charge in [-0.15, -0.1) is 0 Å². The van der Waals surface area contributed by atoms with Crippen molar-refractivity contribution in [2.24, 2.45) is 0 Å². The topological polar surface area (TPSA) is 98.6 Å². The summed E-state index contributed by atoms with van der Waals surface area (Å²) >= 11 is 0. The summed E-state index contributed by atoms with van der Waals surface area (Å²) in [6.45, 7) is 4.06. The van der Waals surface area contributed by atoms with Crippen LogP contribution < -0.4 is 14.9 Å². The lowest BCUT2D eigenvalue weighted by Gasteiger charge is -2.35. The molecule has 2 atom stereocenters. The SMILES string of the molecule is Cc1ccccc1[C@@H](C(=O)NC1CCCCC1)N(C(=O)[C@@H](C)NS(=O)(=O)N1CC1)c1cccc(F)c1. The van der Waals surface area contributed by atoms with Crippen molar-refractivity contribution in [3.63, 3.8) is 0 Å². The minimum atomic E-state index is -3.84. The van der Waals surface area contributed by atoms with Crippen LogP contribution >= 0.6 is 0 Å². The average Bonchev–Trinajstić information content (AvgIpc) is 3.69. The Morgan fingerprint density at radius 1 is 1.06 bits per heavy atom. The quantitative estimate of drug-likeness (QED) is 0.500. The van der Waals surface area contributed by atoms with E-state index in [4.69, 9.17) is 0 Å². The smallest absolute Gasteiger partial charge is 0.280 e. The Labute approximate surface area is 212 Å². The highest BCUT2D eigenvalue weighted by Crippen LogP contribution is 2.32. The van der Waals surface area contributed by atoms with Crippen LogP contribution in [0.2, 0.25) is 0 Å². The summed E-state index contributed by atoms with van der Waals surface area (Å²) in [5, 5.41) is 3.11. The van der Waals surface area contributed by atoms with Crippen LogP contribution in [0.25, 0.3) is 0 Å². The van der Waals surface area contributed by atoms with Crippen LogP contribution in [0.15, 0.2) is 48.5 Å². The molecule has 2 aromatic carbocycles. The molecule has 2 amide bonds. The van der Waals surface area contributed by atoms with Crippen LogP contribution in [0, 0.1) is 12.7 Å². The third-order valence-corrected chi connectivity index (χ3v) is 8.40. The maximum Gasteiger partial charge on any atom is 0.280 e. The van der Waals surface area contributed by atoms with Gasteiger partial charge in [0.25, 0.3) is 10.2 Å². The Balaban J connectivity index is 1.75. The van der Waals surface area contributed by atoms with Gasteiger partial charge in [0.05, 0.1) is 6.04 Å². The van der Waals surface area contributed by atoms with Gasteiger partial charge in [0, 0.05) is 24.8 Å². The first-order valence-corrected chi connectivity index (χ1v) is 13.8. The maximum atomic E-state index is 14.3. The Bertz CT molecular complexity index is 1210. The Morgan fingerprint density at radius 3 is 2.39 bits per heavy atom. The van der Waals surface area contributed by atoms with Gasteiger partial charge in [0.15, 0.2) is 0 Å². The zero-order chi connectivity index (χ0) is 25.9. The van der Waals surface area contributed by atoms with Crippen molar-refractivity contribution in [3.05, 3.63) is 65.5 Å². The van der Waals surface area contributed by atoms with Gasteiger partial charge in [-0.2, -0.15) is 17.4 Å². The number of carbonyl (C=O) groups is 2. The average molecular weight is 517 g/mol. The molecule has 2 fully saturated rings. The van der Waals surface area contributed by atoms with E-state index in [1.807, 2.05) is 19.1 Å². The predicted octanol–water partition coefficient (Wildman–Crippen LogP) is 3.20. The summed E-state index contributed by atoms with van der Waals surface area (Å²) in [6, 6.07) is 10.4. The summed E-state index contributed by atoms with van der Waals surface area (Å²) in [5.74, 6) is -1.60. The monoisotopic (exact) mass is 516 g/mol. The lowest BCUT2D eigenvalue weighted by molar-refractivity contribution is -0.127. The summed E-state index contributed by atoms with van der Waals surface area (Å²) < 4.78 is 43.0. The van der Waals surface area contributed by atoms with Gasteiger partial charge in [-0.3, -0.25) is 14.5 Å². The molecule has 0 radical (unpaired) electrons. The first kappa shape index (κ1) is 26.2. The third kappa shape index (κ3) is 6.11. The van der Waals surface area contributed by atoms with Gasteiger partial charge >= 0.3 is 0 Å². The van der Waals surface area contributed by atoms with Crippen LogP contribution in [0.3, 0.4) is 0 Å². The third-order valence-electron chi connectivity index (χ3n) is 6.71. The Morgan fingerprint density at radius 2 is 1.75 bits per heavy atom. The number of halogens is 1. The zero-order valence-corrected chi connectivity index (χ0v) is 21.4. The Kier molecular flexibility index (Phi) is 8.07. The van der Waals surface area contributed by atoms with Gasteiger partial charge in [-0.05, 0) is 56.0 Å². The number of amides is 2. The number of carbonyl (C=O) groups excluding carboxylic acids is 2. The number of aryl methyl sites for hydroxylation is 1. The molecule has 4 rings (SSSR count). The number of rotatable bonds is 9. The van der Waals surface area contributed by atoms with Crippen LogP contribution in [-0.4, -0.2) is 49.7 Å². The molecule has 0 bridgehead atoms. The number of hydrogen-bond acceptors (Lipinski definition) is 4. The molecule has 2 aliphatic rings. The number of hydrogen-bond donors (Lipinski definition) is 2. The first-order valence-electron chi connectivity index (χ1n) is 12.4. The van der Waals surface area contributed by atoms with Crippen LogP contribution in [0.1, 0.15) is 56.2 Å². The van der Waals surface area contributed by atoms with Gasteiger partial charge in [-0.1, -0.05) is 49.6 Å². The van der Waals surface area contributed by atoms with E-state index in [2.05, 4.69) is 10.0 Å². The highest BCUT2D eigenvalue weighted by atomic mass is 32.2. The summed E-state index contributed by atoms with van der Waals surface area (Å²) in [7, 11) is -3.84. The van der Waals surface area contributed by atoms with E-state index in [0.29, 0.717) is 18.7 Å². The van der Waals surface area contributed by atoms with Crippen LogP contribution in [-0.2, 0) is 19.8 Å². The second-order valence-corrected chi connectivity index (χ2v) is 11.2. The van der Waals surface area contributed by atoms with E-state index in [0.717, 1.165) is 37.7 Å². The maximum absolute atomic E-state index is 14.3. The highest BCUT2D eigenvalue weighted by Gasteiger charge is 2.39. The molecule has 1 saturated carbocycles. The summed E-state index contributed by atoms with van der Waals surface area (Å²) in [6.07, 6.45) is 4.86. The molecule has 2 N–H and O–H groups in total. The van der Waals surface area contributed by atoms with Gasteiger partial charge in [0.1, 0.15) is 11.9 Å². The fourth-order valence-electron chi connectivity index (χ4n) is 4.69. The van der Waals surface area contributed by atoms with E-state index < -0.39 is 34.0 Å². The van der Waals surface area contributed by atoms with Crippen molar-refractivity contribution < 1.29 is 22.4 Å². The molecule has 0 unspecified atom stereocenters. The molecular formula is C26H33FN4O4S. The molecule has 1 aliphatic heterocycles. The normalized spacial score (nSPS) is 18.3. The zero-order valence-electron chi connectivity index (χ0n) is 20.6. The number of anilines is 1. The van der Waals surface area contributed by atoms with Crippen molar-refractivity contribution in [2.45, 2.75) is 64.1 Å². The molecule has 1 heterocycles. The van der Waals surface area contributed by atoms with E-state index >= 15 is 0 Å². The van der Waals surface area contributed by atoms with Gasteiger partial charge in [0.2, 0.25) is 11.8 Å². The minimum absolute atomic E-state index is 0.0131. The second-order valence-electron chi connectivity index (χ2n) is 9.53. The van der Waals surface area contributed by atoms with Crippen LogP contribution in [0.5, 0.6) is 0 Å². The van der Waals surface area contributed by atoms with E-state index in [-0.39, 0.29) is 17.6 Å². The standard InChI is InChI=1S/C26H33FN4O4S/c1-18-9-6-7-14-23(18)24(25(32)28-21-11-4-3-5-12-21)31(22-13-8-10-20(27)17-22)26(33)19(2)29-36(34,35)30-15-16-30/h6-10,13-14,17,19,21,24,29H,3-5,11-12,15-16H2,1-2H3,(H,28,32)/t19-,24+/m1/s1. The lowest BCUT2D eigenvalue weighted by Crippen LogP contribution is -2.53. The number of benzene rings is 2. The lowest BCUT2D eigenvalue weighted by atomic mass is 9.93. The van der Waals surface area contributed by atoms with Crippen molar-refractivity contribution in [1.29, 1.82) is 0 Å². The number of nitrogens with zero attached hydrogens (tertiary/aromatic N) is 2. The van der Waals surface area contributed by atoms with E-state index in [1.54, 1.807) is 18.2 Å². The van der Waals surface area contributed by atoms with Crippen molar-refractivity contribution in [2.75, 3.05) is 18.0 Å². The Hall–Kier alpha value is -2.82. The minimum Gasteiger partial charge on any atom is -0.351 e. The second kappa shape index (κ2) is 11.1. The van der Waals surface area contributed by atoms with Crippen LogP contribution in [0.4, 0.5) is 10.1 Å². The summed E-state index contributed by atoms with van der Waals surface area (Å²) in [5.41, 5.74) is 1.54. The predicted molar refractivity (Wildman–Crippen MR) is 136 cm³/mol. The molecule has 10 heteroatoms. The summed E-state index contributed by atoms with van der Waals surface area (Å²) in [4.78, 5) is 28.9. The highest BCUT2D eigenvalue weighted by molar-refractivity contribution is 7.87. The molecule has 8 nitrogen and oxygen atoms in total. The molecular weight excluding hydrogens is 483 g/mol. The largest absolute Gasteiger partial charge is 0.351 e. The molecule has 0 spiro atoms. The van der Waals surface area contributed by atoms with Gasteiger partial charge < -0.3 is 5.32 Å². The first-order chi connectivity index (χ1) is 17.2. The van der Waals surface area contributed by atoms with E-state index in [9.17, 15) is 22.4 Å². The van der Waals surface area contributed by atoms with E-state index in [1.165, 1.54) is 34.3 Å². The molecule has 36 heavy (non-hydrogen) atoms. The van der Waals surface area contributed by atoms with Gasteiger partial charge in [-0.25, -0.2) is 4.39 Å². The fraction of sp³-hybridized carbons (Fsp3) is 0.462. The molecule has 1 saturated heterocycles. The van der Waals surface area contributed by atoms with Crippen molar-refractivity contribution in [1.82, 2.24) is 14.3 Å². The fourth-order valence-corrected chi connectivity index (χ4v) is 5.94. The number of nitrogens with one attached hydrogen (secondary N) is 2. The molecule has 1 aliphatic carbocycles. The van der Waals surface area contributed by atoms with Crippen molar-refractivity contribution in [3.8, 4) is 0 Å².